The molecule has 1 atom stereocenters. The molecule has 1 aromatic carbocycles. The van der Waals surface area contributed by atoms with Crippen LogP contribution in [-0.2, 0) is 11.2 Å². The van der Waals surface area contributed by atoms with Crippen LogP contribution in [0, 0.1) is 0 Å². The maximum absolute atomic E-state index is 11.5. The zero-order chi connectivity index (χ0) is 15.5. The van der Waals surface area contributed by atoms with Crippen molar-refractivity contribution in [2.75, 3.05) is 18.2 Å². The Morgan fingerprint density at radius 1 is 1.41 bits per heavy atom. The molecule has 0 bridgehead atoms. The maximum atomic E-state index is 11.5. The molecule has 0 aliphatic heterocycles. The summed E-state index contributed by atoms with van der Waals surface area (Å²) in [6.07, 6.45) is 6.12. The number of benzene rings is 1. The van der Waals surface area contributed by atoms with Crippen molar-refractivity contribution < 1.29 is 9.53 Å². The van der Waals surface area contributed by atoms with Gasteiger partial charge in [-0.25, -0.2) is 9.78 Å². The van der Waals surface area contributed by atoms with E-state index < -0.39 is 5.97 Å². The fourth-order valence-electron chi connectivity index (χ4n) is 2.80. The molecule has 0 radical (unpaired) electrons. The number of rotatable bonds is 3. The van der Waals surface area contributed by atoms with E-state index in [2.05, 4.69) is 26.1 Å². The number of nitrogens with two attached hydrogens (primary N) is 1. The topological polar surface area (TPSA) is 90.1 Å². The van der Waals surface area contributed by atoms with Crippen LogP contribution in [0.25, 0.3) is 0 Å². The predicted molar refractivity (Wildman–Crippen MR) is 83.5 cm³/mol. The van der Waals surface area contributed by atoms with Crippen LogP contribution in [0.15, 0.2) is 30.6 Å². The summed E-state index contributed by atoms with van der Waals surface area (Å²) in [6.45, 7) is 0. The Labute approximate surface area is 128 Å². The summed E-state index contributed by atoms with van der Waals surface area (Å²) in [7, 11) is 1.33. The van der Waals surface area contributed by atoms with Gasteiger partial charge in [0.1, 0.15) is 5.82 Å². The first kappa shape index (κ1) is 14.3. The van der Waals surface area contributed by atoms with Crippen LogP contribution in [-0.4, -0.2) is 23.0 Å². The van der Waals surface area contributed by atoms with E-state index in [0.29, 0.717) is 5.82 Å². The summed E-state index contributed by atoms with van der Waals surface area (Å²) in [5, 5.41) is 3.35. The number of nitrogens with one attached hydrogen (secondary N) is 1. The summed E-state index contributed by atoms with van der Waals surface area (Å²) in [6, 6.07) is 6.14. The number of hydrogen-bond acceptors (Lipinski definition) is 6. The number of hydrogen-bond donors (Lipinski definition) is 2. The molecule has 2 aromatic rings. The van der Waals surface area contributed by atoms with E-state index in [1.807, 2.05) is 12.1 Å². The highest BCUT2D eigenvalue weighted by Crippen LogP contribution is 2.33. The Bertz CT molecular complexity index is 702. The van der Waals surface area contributed by atoms with Crippen molar-refractivity contribution in [2.45, 2.75) is 25.3 Å². The molecule has 0 spiro atoms. The van der Waals surface area contributed by atoms with Gasteiger partial charge in [-0.1, -0.05) is 6.07 Å². The third-order valence-electron chi connectivity index (χ3n) is 3.83. The lowest BCUT2D eigenvalue weighted by molar-refractivity contribution is 0.0593. The molecule has 1 aliphatic rings. The summed E-state index contributed by atoms with van der Waals surface area (Å²) in [5.74, 6) is 0.0746. The van der Waals surface area contributed by atoms with Crippen LogP contribution in [0.1, 0.15) is 40.5 Å². The first-order valence-electron chi connectivity index (χ1n) is 7.22. The van der Waals surface area contributed by atoms with Crippen molar-refractivity contribution in [1.29, 1.82) is 0 Å². The molecule has 1 heterocycles. The van der Waals surface area contributed by atoms with E-state index in [0.717, 1.165) is 24.9 Å². The minimum Gasteiger partial charge on any atom is -0.464 e. The normalized spacial score (nSPS) is 16.7. The van der Waals surface area contributed by atoms with Crippen molar-refractivity contribution >= 4 is 17.5 Å². The molecule has 1 aliphatic carbocycles. The molecule has 0 amide bonds. The number of ether oxygens (including phenoxy) is 1. The maximum Gasteiger partial charge on any atom is 0.358 e. The van der Waals surface area contributed by atoms with Gasteiger partial charge in [0.2, 0.25) is 0 Å². The number of aromatic nitrogens is 2. The molecular weight excluding hydrogens is 280 g/mol. The second-order valence-electron chi connectivity index (χ2n) is 5.33. The van der Waals surface area contributed by atoms with E-state index in [1.54, 1.807) is 6.20 Å². The average Bonchev–Trinajstić information content (AvgIpc) is 2.54. The number of nitrogen functional groups attached to an aromatic ring is 1. The van der Waals surface area contributed by atoms with Gasteiger partial charge >= 0.3 is 5.97 Å². The molecular formula is C16H18N4O2. The van der Waals surface area contributed by atoms with E-state index in [4.69, 9.17) is 5.73 Å². The van der Waals surface area contributed by atoms with Crippen LogP contribution in [0.2, 0.25) is 0 Å². The number of anilines is 2. The first-order valence-corrected chi connectivity index (χ1v) is 7.22. The highest BCUT2D eigenvalue weighted by molar-refractivity contribution is 5.87. The predicted octanol–water partition coefficient (Wildman–Crippen LogP) is 2.33. The van der Waals surface area contributed by atoms with Gasteiger partial charge in [-0.3, -0.25) is 4.98 Å². The molecule has 22 heavy (non-hydrogen) atoms. The summed E-state index contributed by atoms with van der Waals surface area (Å²) in [5.41, 5.74) is 9.33. The smallest absolute Gasteiger partial charge is 0.358 e. The second-order valence-corrected chi connectivity index (χ2v) is 5.33. The van der Waals surface area contributed by atoms with E-state index in [9.17, 15) is 4.79 Å². The van der Waals surface area contributed by atoms with Crippen LogP contribution in [0.4, 0.5) is 11.5 Å². The quantitative estimate of drug-likeness (QED) is 0.667. The standard InChI is InChI=1S/C16H18N4O2/c1-22-16(21)14-8-18-9-15(20-14)19-13-4-2-3-10-7-11(17)5-6-12(10)13/h5-9,13H,2-4,17H2,1H3,(H,19,20). The van der Waals surface area contributed by atoms with Crippen LogP contribution >= 0.6 is 0 Å². The molecule has 3 N–H and O–H groups in total. The minimum absolute atomic E-state index is 0.145. The van der Waals surface area contributed by atoms with Gasteiger partial charge in [0.05, 0.1) is 25.5 Å². The van der Waals surface area contributed by atoms with E-state index in [1.165, 1.54) is 24.4 Å². The molecule has 1 unspecified atom stereocenters. The number of methoxy groups -OCH3 is 1. The largest absolute Gasteiger partial charge is 0.464 e. The fraction of sp³-hybridized carbons (Fsp3) is 0.312. The molecule has 0 fully saturated rings. The second kappa shape index (κ2) is 6.01. The van der Waals surface area contributed by atoms with Gasteiger partial charge in [0, 0.05) is 5.69 Å². The lowest BCUT2D eigenvalue weighted by atomic mass is 9.87. The molecule has 3 rings (SSSR count). The number of aryl methyl sites for hydroxylation is 1. The third kappa shape index (κ3) is 2.86. The Balaban J connectivity index is 1.84. The Kier molecular flexibility index (Phi) is 3.91. The molecule has 6 nitrogen and oxygen atoms in total. The van der Waals surface area contributed by atoms with Crippen LogP contribution in [0.3, 0.4) is 0 Å². The number of esters is 1. The SMILES string of the molecule is COC(=O)c1cncc(NC2CCCc3cc(N)ccc32)n1. The number of nitrogens with zero attached hydrogens (tertiary/aromatic N) is 2. The molecule has 0 saturated heterocycles. The highest BCUT2D eigenvalue weighted by Gasteiger charge is 2.21. The summed E-state index contributed by atoms with van der Waals surface area (Å²) in [4.78, 5) is 19.8. The van der Waals surface area contributed by atoms with E-state index in [-0.39, 0.29) is 11.7 Å². The van der Waals surface area contributed by atoms with Crippen molar-refractivity contribution in [2.24, 2.45) is 0 Å². The Morgan fingerprint density at radius 2 is 2.27 bits per heavy atom. The monoisotopic (exact) mass is 298 g/mol. The molecule has 0 saturated carbocycles. The van der Waals surface area contributed by atoms with Gasteiger partial charge in [-0.05, 0) is 42.5 Å². The van der Waals surface area contributed by atoms with Crippen molar-refractivity contribution in [3.05, 3.63) is 47.4 Å². The summed E-state index contributed by atoms with van der Waals surface area (Å²) >= 11 is 0. The molecule has 114 valence electrons. The van der Waals surface area contributed by atoms with Gasteiger partial charge < -0.3 is 15.8 Å². The minimum atomic E-state index is -0.493. The van der Waals surface area contributed by atoms with Gasteiger partial charge in [-0.2, -0.15) is 0 Å². The van der Waals surface area contributed by atoms with Gasteiger partial charge in [0.15, 0.2) is 5.69 Å². The summed E-state index contributed by atoms with van der Waals surface area (Å²) < 4.78 is 4.67. The van der Waals surface area contributed by atoms with Gasteiger partial charge in [-0.15, -0.1) is 0 Å². The zero-order valence-corrected chi connectivity index (χ0v) is 12.4. The number of carbonyl (C=O) groups is 1. The highest BCUT2D eigenvalue weighted by atomic mass is 16.5. The van der Waals surface area contributed by atoms with Crippen molar-refractivity contribution in [3.8, 4) is 0 Å². The average molecular weight is 298 g/mol. The van der Waals surface area contributed by atoms with Crippen molar-refractivity contribution in [3.63, 3.8) is 0 Å². The number of fused-ring (bicyclic) bond motifs is 1. The zero-order valence-electron chi connectivity index (χ0n) is 12.4. The number of carbonyl (C=O) groups excluding carboxylic acids is 1. The lowest BCUT2D eigenvalue weighted by Crippen LogP contribution is -2.19. The van der Waals surface area contributed by atoms with Crippen LogP contribution < -0.4 is 11.1 Å². The van der Waals surface area contributed by atoms with Crippen molar-refractivity contribution in [1.82, 2.24) is 9.97 Å². The Morgan fingerprint density at radius 3 is 3.09 bits per heavy atom. The lowest BCUT2D eigenvalue weighted by Gasteiger charge is -2.27. The Hall–Kier alpha value is -2.63. The van der Waals surface area contributed by atoms with Crippen LogP contribution in [0.5, 0.6) is 0 Å². The fourth-order valence-corrected chi connectivity index (χ4v) is 2.80. The third-order valence-corrected chi connectivity index (χ3v) is 3.83. The molecule has 1 aromatic heterocycles. The molecule has 6 heteroatoms. The first-order chi connectivity index (χ1) is 10.7. The van der Waals surface area contributed by atoms with E-state index >= 15 is 0 Å². The van der Waals surface area contributed by atoms with Gasteiger partial charge in [0.25, 0.3) is 0 Å².